The third-order valence-electron chi connectivity index (χ3n) is 5.77. The first-order valence-corrected chi connectivity index (χ1v) is 11.0. The molecule has 0 spiro atoms. The Balaban J connectivity index is 1.51. The van der Waals surface area contributed by atoms with Gasteiger partial charge in [0.2, 0.25) is 0 Å². The van der Waals surface area contributed by atoms with Crippen LogP contribution in [0.1, 0.15) is 62.5 Å². The van der Waals surface area contributed by atoms with Gasteiger partial charge in [-0.25, -0.2) is 9.07 Å². The second-order valence-electron chi connectivity index (χ2n) is 9.92. The molecule has 1 heterocycles. The zero-order chi connectivity index (χ0) is 22.9. The van der Waals surface area contributed by atoms with E-state index < -0.39 is 5.60 Å². The lowest BCUT2D eigenvalue weighted by Crippen LogP contribution is -2.33. The molecular weight excluding hydrogens is 401 g/mol. The first kappa shape index (κ1) is 22.3. The standard InChI is InChI=1S/C27H30FN3O/c1-26(2)15-24(29-17-20-7-5-19(6-8-20)13-14-27(3,4)32)23-18-30-31(25(23)16-26)22-11-9-21(28)10-12-22/h5-12,18,24,29,32H,15-17H2,1-4H3. The Kier molecular flexibility index (Phi) is 5.94. The van der Waals surface area contributed by atoms with E-state index in [1.165, 1.54) is 29.0 Å². The number of nitrogens with one attached hydrogen (secondary N) is 1. The highest BCUT2D eigenvalue weighted by Gasteiger charge is 2.35. The summed E-state index contributed by atoms with van der Waals surface area (Å²) < 4.78 is 15.3. The summed E-state index contributed by atoms with van der Waals surface area (Å²) in [5, 5.41) is 18.1. The lowest BCUT2D eigenvalue weighted by atomic mass is 9.74. The van der Waals surface area contributed by atoms with E-state index in [1.807, 2.05) is 23.0 Å². The van der Waals surface area contributed by atoms with E-state index in [9.17, 15) is 9.50 Å². The molecule has 0 amide bonds. The van der Waals surface area contributed by atoms with E-state index in [4.69, 9.17) is 0 Å². The number of aromatic nitrogens is 2. The molecule has 0 fully saturated rings. The average molecular weight is 432 g/mol. The molecule has 166 valence electrons. The third-order valence-corrected chi connectivity index (χ3v) is 5.77. The molecule has 5 heteroatoms. The summed E-state index contributed by atoms with van der Waals surface area (Å²) in [6.07, 6.45) is 3.89. The van der Waals surface area contributed by atoms with Gasteiger partial charge in [-0.3, -0.25) is 0 Å². The Labute approximate surface area is 189 Å². The maximum absolute atomic E-state index is 13.4. The Bertz CT molecular complexity index is 1140. The van der Waals surface area contributed by atoms with Gasteiger partial charge in [-0.1, -0.05) is 37.8 Å². The summed E-state index contributed by atoms with van der Waals surface area (Å²) in [6.45, 7) is 8.65. The summed E-state index contributed by atoms with van der Waals surface area (Å²) in [4.78, 5) is 0. The van der Waals surface area contributed by atoms with Crippen molar-refractivity contribution in [3.8, 4) is 17.5 Å². The molecule has 1 atom stereocenters. The van der Waals surface area contributed by atoms with Crippen LogP contribution in [-0.2, 0) is 13.0 Å². The maximum Gasteiger partial charge on any atom is 0.123 e. The number of halogens is 1. The van der Waals surface area contributed by atoms with E-state index >= 15 is 0 Å². The van der Waals surface area contributed by atoms with Crippen molar-refractivity contribution in [1.29, 1.82) is 0 Å². The van der Waals surface area contributed by atoms with E-state index in [1.54, 1.807) is 26.0 Å². The fraction of sp³-hybridized carbons (Fsp3) is 0.370. The topological polar surface area (TPSA) is 50.1 Å². The van der Waals surface area contributed by atoms with Crippen molar-refractivity contribution in [2.75, 3.05) is 0 Å². The van der Waals surface area contributed by atoms with Crippen LogP contribution in [0, 0.1) is 23.1 Å². The Morgan fingerprint density at radius 1 is 1.16 bits per heavy atom. The van der Waals surface area contributed by atoms with E-state index in [0.717, 1.165) is 30.6 Å². The lowest BCUT2D eigenvalue weighted by molar-refractivity contribution is 0.143. The second-order valence-corrected chi connectivity index (χ2v) is 9.92. The predicted octanol–water partition coefficient (Wildman–Crippen LogP) is 4.94. The summed E-state index contributed by atoms with van der Waals surface area (Å²) in [6, 6.07) is 14.8. The molecule has 2 N–H and O–H groups in total. The highest BCUT2D eigenvalue weighted by atomic mass is 19.1. The molecule has 0 saturated heterocycles. The fourth-order valence-electron chi connectivity index (χ4n) is 4.20. The molecular formula is C27H30FN3O. The third kappa shape index (κ3) is 5.27. The number of hydrogen-bond acceptors (Lipinski definition) is 3. The first-order chi connectivity index (χ1) is 15.1. The van der Waals surface area contributed by atoms with Gasteiger partial charge in [0.15, 0.2) is 0 Å². The SMILES string of the molecule is CC(C)(O)C#Cc1ccc(CNC2CC(C)(C)Cc3c2cnn3-c2ccc(F)cc2)cc1. The summed E-state index contributed by atoms with van der Waals surface area (Å²) in [5.74, 6) is 5.60. The normalized spacial score (nSPS) is 17.4. The molecule has 1 aromatic heterocycles. The van der Waals surface area contributed by atoms with Crippen molar-refractivity contribution in [3.63, 3.8) is 0 Å². The summed E-state index contributed by atoms with van der Waals surface area (Å²) >= 11 is 0. The van der Waals surface area contributed by atoms with Crippen molar-refractivity contribution < 1.29 is 9.50 Å². The minimum Gasteiger partial charge on any atom is -0.378 e. The van der Waals surface area contributed by atoms with Crippen LogP contribution in [0.2, 0.25) is 0 Å². The van der Waals surface area contributed by atoms with Crippen LogP contribution < -0.4 is 5.32 Å². The summed E-state index contributed by atoms with van der Waals surface area (Å²) in [5.41, 5.74) is 4.46. The van der Waals surface area contributed by atoms with Crippen LogP contribution in [0.4, 0.5) is 4.39 Å². The van der Waals surface area contributed by atoms with Crippen molar-refractivity contribution in [3.05, 3.63) is 82.9 Å². The molecule has 2 aromatic carbocycles. The van der Waals surface area contributed by atoms with Gasteiger partial charge in [0.25, 0.3) is 0 Å². The molecule has 0 radical (unpaired) electrons. The van der Waals surface area contributed by atoms with Crippen molar-refractivity contribution in [1.82, 2.24) is 15.1 Å². The zero-order valence-corrected chi connectivity index (χ0v) is 19.1. The quantitative estimate of drug-likeness (QED) is 0.576. The molecule has 4 rings (SSSR count). The number of fused-ring (bicyclic) bond motifs is 1. The molecule has 4 nitrogen and oxygen atoms in total. The minimum absolute atomic E-state index is 0.124. The second kappa shape index (κ2) is 8.54. The van der Waals surface area contributed by atoms with Crippen LogP contribution in [0.5, 0.6) is 0 Å². The zero-order valence-electron chi connectivity index (χ0n) is 19.1. The van der Waals surface area contributed by atoms with Crippen molar-refractivity contribution in [2.24, 2.45) is 5.41 Å². The van der Waals surface area contributed by atoms with Gasteiger partial charge in [0.1, 0.15) is 11.4 Å². The van der Waals surface area contributed by atoms with Gasteiger partial charge in [-0.15, -0.1) is 0 Å². The molecule has 1 aliphatic carbocycles. The maximum atomic E-state index is 13.4. The molecule has 32 heavy (non-hydrogen) atoms. The highest BCUT2D eigenvalue weighted by molar-refractivity contribution is 5.39. The molecule has 0 saturated carbocycles. The van der Waals surface area contributed by atoms with Gasteiger partial charge in [0, 0.05) is 29.4 Å². The van der Waals surface area contributed by atoms with E-state index in [0.29, 0.717) is 0 Å². The monoisotopic (exact) mass is 431 g/mol. The smallest absolute Gasteiger partial charge is 0.123 e. The number of rotatable bonds is 4. The number of hydrogen-bond donors (Lipinski definition) is 2. The van der Waals surface area contributed by atoms with Crippen molar-refractivity contribution >= 4 is 0 Å². The molecule has 1 unspecified atom stereocenters. The first-order valence-electron chi connectivity index (χ1n) is 11.0. The molecule has 0 bridgehead atoms. The van der Waals surface area contributed by atoms with Crippen LogP contribution >= 0.6 is 0 Å². The average Bonchev–Trinajstić information content (AvgIpc) is 3.14. The van der Waals surface area contributed by atoms with Crippen LogP contribution in [-0.4, -0.2) is 20.5 Å². The summed E-state index contributed by atoms with van der Waals surface area (Å²) in [7, 11) is 0. The largest absolute Gasteiger partial charge is 0.378 e. The van der Waals surface area contributed by atoms with E-state index in [2.05, 4.69) is 48.2 Å². The number of nitrogens with zero attached hydrogens (tertiary/aromatic N) is 2. The predicted molar refractivity (Wildman–Crippen MR) is 125 cm³/mol. The lowest BCUT2D eigenvalue weighted by Gasteiger charge is -2.36. The van der Waals surface area contributed by atoms with E-state index in [-0.39, 0.29) is 17.3 Å². The van der Waals surface area contributed by atoms with Gasteiger partial charge in [0.05, 0.1) is 11.9 Å². The van der Waals surface area contributed by atoms with Gasteiger partial charge in [-0.05, 0) is 74.1 Å². The molecule has 3 aromatic rings. The molecule has 1 aliphatic rings. The Hall–Kier alpha value is -2.94. The van der Waals surface area contributed by atoms with Crippen LogP contribution in [0.15, 0.2) is 54.7 Å². The minimum atomic E-state index is -0.996. The number of aliphatic hydroxyl groups is 1. The Morgan fingerprint density at radius 2 is 1.84 bits per heavy atom. The van der Waals surface area contributed by atoms with Gasteiger partial charge in [-0.2, -0.15) is 5.10 Å². The van der Waals surface area contributed by atoms with Crippen LogP contribution in [0.25, 0.3) is 5.69 Å². The van der Waals surface area contributed by atoms with Gasteiger partial charge >= 0.3 is 0 Å². The highest BCUT2D eigenvalue weighted by Crippen LogP contribution is 2.41. The Morgan fingerprint density at radius 3 is 2.50 bits per heavy atom. The van der Waals surface area contributed by atoms with Gasteiger partial charge < -0.3 is 10.4 Å². The van der Waals surface area contributed by atoms with Crippen molar-refractivity contribution in [2.45, 2.75) is 58.7 Å². The number of benzene rings is 2. The fourth-order valence-corrected chi connectivity index (χ4v) is 4.20. The molecule has 0 aliphatic heterocycles. The van der Waals surface area contributed by atoms with Crippen LogP contribution in [0.3, 0.4) is 0 Å².